The quantitative estimate of drug-likeness (QED) is 0.877. The van der Waals surface area contributed by atoms with Crippen LogP contribution in [-0.2, 0) is 9.59 Å². The number of nitrogens with one attached hydrogen (secondary N) is 1. The van der Waals surface area contributed by atoms with Crippen LogP contribution in [0.1, 0.15) is 12.0 Å². The van der Waals surface area contributed by atoms with E-state index in [1.54, 1.807) is 29.2 Å². The van der Waals surface area contributed by atoms with E-state index in [2.05, 4.69) is 5.32 Å². The Morgan fingerprint density at radius 3 is 2.70 bits per heavy atom. The first kappa shape index (κ1) is 17.7. The van der Waals surface area contributed by atoms with Crippen molar-refractivity contribution in [1.82, 2.24) is 0 Å². The van der Waals surface area contributed by atoms with Crippen LogP contribution in [0.3, 0.4) is 0 Å². The molecule has 1 atom stereocenters. The topological polar surface area (TPSA) is 67.9 Å². The lowest BCUT2D eigenvalue weighted by atomic mass is 10.1. The van der Waals surface area contributed by atoms with Crippen molar-refractivity contribution < 1.29 is 19.1 Å². The molecule has 6 nitrogen and oxygen atoms in total. The highest BCUT2D eigenvalue weighted by molar-refractivity contribution is 6.31. The van der Waals surface area contributed by atoms with Crippen LogP contribution >= 0.6 is 11.6 Å². The molecule has 2 aliphatic rings. The average molecular weight is 387 g/mol. The van der Waals surface area contributed by atoms with Crippen LogP contribution in [0.15, 0.2) is 36.4 Å². The van der Waals surface area contributed by atoms with Gasteiger partial charge in [-0.3, -0.25) is 9.59 Å². The van der Waals surface area contributed by atoms with Crippen molar-refractivity contribution in [3.8, 4) is 11.5 Å². The van der Waals surface area contributed by atoms with Crippen LogP contribution in [0.25, 0.3) is 0 Å². The van der Waals surface area contributed by atoms with Crippen molar-refractivity contribution >= 4 is 34.8 Å². The van der Waals surface area contributed by atoms with E-state index < -0.39 is 5.92 Å². The van der Waals surface area contributed by atoms with E-state index in [1.807, 2.05) is 19.1 Å². The van der Waals surface area contributed by atoms with Crippen LogP contribution in [0, 0.1) is 12.8 Å². The highest BCUT2D eigenvalue weighted by Gasteiger charge is 2.35. The van der Waals surface area contributed by atoms with Gasteiger partial charge >= 0.3 is 0 Å². The molecule has 140 valence electrons. The summed E-state index contributed by atoms with van der Waals surface area (Å²) in [6.07, 6.45) is 0.167. The van der Waals surface area contributed by atoms with Crippen LogP contribution in [0.2, 0.25) is 5.02 Å². The predicted molar refractivity (Wildman–Crippen MR) is 103 cm³/mol. The molecule has 0 aromatic heterocycles. The van der Waals surface area contributed by atoms with Crippen LogP contribution in [0.4, 0.5) is 11.4 Å². The first-order valence-electron chi connectivity index (χ1n) is 8.78. The van der Waals surface area contributed by atoms with E-state index >= 15 is 0 Å². The Balaban J connectivity index is 1.47. The lowest BCUT2D eigenvalue weighted by Crippen LogP contribution is -2.28. The second-order valence-electron chi connectivity index (χ2n) is 6.69. The lowest BCUT2D eigenvalue weighted by Gasteiger charge is -2.22. The molecular weight excluding hydrogens is 368 g/mol. The predicted octanol–water partition coefficient (Wildman–Crippen LogP) is 3.41. The van der Waals surface area contributed by atoms with E-state index in [0.29, 0.717) is 47.7 Å². The van der Waals surface area contributed by atoms with Crippen molar-refractivity contribution in [1.29, 1.82) is 0 Å². The lowest BCUT2D eigenvalue weighted by molar-refractivity contribution is -0.122. The highest BCUT2D eigenvalue weighted by Crippen LogP contribution is 2.36. The van der Waals surface area contributed by atoms with Gasteiger partial charge in [-0.05, 0) is 36.8 Å². The maximum Gasteiger partial charge on any atom is 0.229 e. The Morgan fingerprint density at radius 1 is 1.15 bits per heavy atom. The molecule has 0 bridgehead atoms. The number of rotatable bonds is 3. The zero-order valence-electron chi connectivity index (χ0n) is 14.8. The Labute approximate surface area is 162 Å². The van der Waals surface area contributed by atoms with Crippen LogP contribution < -0.4 is 19.7 Å². The van der Waals surface area contributed by atoms with Gasteiger partial charge in [-0.25, -0.2) is 0 Å². The molecular formula is C20H19ClN2O4. The third-order valence-corrected chi connectivity index (χ3v) is 5.18. The molecule has 0 unspecified atom stereocenters. The molecule has 2 amide bonds. The van der Waals surface area contributed by atoms with Crippen molar-refractivity contribution in [3.05, 3.63) is 47.0 Å². The van der Waals surface area contributed by atoms with Gasteiger partial charge in [-0.2, -0.15) is 0 Å². The molecule has 1 N–H and O–H groups in total. The fraction of sp³-hybridized carbons (Fsp3) is 0.300. The number of hydrogen-bond acceptors (Lipinski definition) is 4. The largest absolute Gasteiger partial charge is 0.486 e. The SMILES string of the molecule is Cc1ccc(NC(=O)[C@H]2CC(=O)N(c3ccc4c(c3)OCCO4)C2)cc1Cl. The number of aryl methyl sites for hydroxylation is 1. The summed E-state index contributed by atoms with van der Waals surface area (Å²) in [4.78, 5) is 26.7. The van der Waals surface area contributed by atoms with Crippen LogP contribution in [0.5, 0.6) is 11.5 Å². The second-order valence-corrected chi connectivity index (χ2v) is 7.09. The number of anilines is 2. The maximum absolute atomic E-state index is 12.6. The molecule has 2 heterocycles. The summed E-state index contributed by atoms with van der Waals surface area (Å²) < 4.78 is 11.1. The number of hydrogen-bond donors (Lipinski definition) is 1. The normalized spacial score (nSPS) is 18.5. The van der Waals surface area contributed by atoms with Crippen molar-refractivity contribution in [2.24, 2.45) is 5.92 Å². The number of nitrogens with zero attached hydrogens (tertiary/aromatic N) is 1. The molecule has 1 fully saturated rings. The molecule has 4 rings (SSSR count). The first-order chi connectivity index (χ1) is 13.0. The number of carbonyl (C=O) groups excluding carboxylic acids is 2. The zero-order chi connectivity index (χ0) is 19.0. The van der Waals surface area contributed by atoms with Gasteiger partial charge in [0.15, 0.2) is 11.5 Å². The Morgan fingerprint density at radius 2 is 1.93 bits per heavy atom. The van der Waals surface area contributed by atoms with E-state index in [0.717, 1.165) is 5.56 Å². The van der Waals surface area contributed by atoms with Crippen molar-refractivity contribution in [2.75, 3.05) is 30.0 Å². The van der Waals surface area contributed by atoms with E-state index in [-0.39, 0.29) is 18.2 Å². The molecule has 0 radical (unpaired) electrons. The molecule has 1 saturated heterocycles. The second kappa shape index (κ2) is 7.12. The Hall–Kier alpha value is -2.73. The minimum Gasteiger partial charge on any atom is -0.486 e. The minimum absolute atomic E-state index is 0.0891. The molecule has 2 aromatic rings. The Bertz CT molecular complexity index is 915. The van der Waals surface area contributed by atoms with Crippen LogP contribution in [-0.4, -0.2) is 31.6 Å². The van der Waals surface area contributed by atoms with Gasteiger partial charge in [0.25, 0.3) is 0 Å². The first-order valence-corrected chi connectivity index (χ1v) is 9.16. The molecule has 2 aliphatic heterocycles. The third kappa shape index (κ3) is 3.57. The monoisotopic (exact) mass is 386 g/mol. The highest BCUT2D eigenvalue weighted by atomic mass is 35.5. The van der Waals surface area contributed by atoms with Gasteiger partial charge in [-0.15, -0.1) is 0 Å². The molecule has 0 aliphatic carbocycles. The summed E-state index contributed by atoms with van der Waals surface area (Å²) in [6.45, 7) is 3.22. The van der Waals surface area contributed by atoms with Crippen molar-refractivity contribution in [3.63, 3.8) is 0 Å². The van der Waals surface area contributed by atoms with E-state index in [9.17, 15) is 9.59 Å². The maximum atomic E-state index is 12.6. The summed E-state index contributed by atoms with van der Waals surface area (Å²) >= 11 is 6.11. The fourth-order valence-electron chi connectivity index (χ4n) is 3.25. The molecule has 7 heteroatoms. The number of fused-ring (bicyclic) bond motifs is 1. The standard InChI is InChI=1S/C20H19ClN2O4/c1-12-2-3-14(9-16(12)21)22-20(25)13-8-19(24)23(11-13)15-4-5-17-18(10-15)27-7-6-26-17/h2-5,9-10,13H,6-8,11H2,1H3,(H,22,25)/t13-/m0/s1. The number of halogens is 1. The van der Waals surface area contributed by atoms with Gasteiger partial charge in [-0.1, -0.05) is 17.7 Å². The van der Waals surface area contributed by atoms with Gasteiger partial charge in [0, 0.05) is 35.4 Å². The third-order valence-electron chi connectivity index (χ3n) is 4.77. The number of carbonyl (C=O) groups is 2. The van der Waals surface area contributed by atoms with Gasteiger partial charge < -0.3 is 19.7 Å². The summed E-state index contributed by atoms with van der Waals surface area (Å²) in [5, 5.41) is 3.44. The van der Waals surface area contributed by atoms with E-state index in [4.69, 9.17) is 21.1 Å². The molecule has 2 aromatic carbocycles. The van der Waals surface area contributed by atoms with Gasteiger partial charge in [0.2, 0.25) is 11.8 Å². The average Bonchev–Trinajstić information content (AvgIpc) is 3.06. The zero-order valence-corrected chi connectivity index (χ0v) is 15.6. The summed E-state index contributed by atoms with van der Waals surface area (Å²) in [7, 11) is 0. The van der Waals surface area contributed by atoms with Gasteiger partial charge in [0.05, 0.1) is 5.92 Å². The smallest absolute Gasteiger partial charge is 0.229 e. The Kier molecular flexibility index (Phi) is 4.66. The molecule has 0 spiro atoms. The van der Waals surface area contributed by atoms with Gasteiger partial charge in [0.1, 0.15) is 13.2 Å². The number of ether oxygens (including phenoxy) is 2. The number of amides is 2. The summed E-state index contributed by atoms with van der Waals surface area (Å²) in [5.74, 6) is 0.582. The van der Waals surface area contributed by atoms with Crippen molar-refractivity contribution in [2.45, 2.75) is 13.3 Å². The summed E-state index contributed by atoms with van der Waals surface area (Å²) in [5.41, 5.74) is 2.27. The number of benzene rings is 2. The summed E-state index contributed by atoms with van der Waals surface area (Å²) in [6, 6.07) is 10.7. The van der Waals surface area contributed by atoms with E-state index in [1.165, 1.54) is 0 Å². The minimum atomic E-state index is -0.425. The molecule has 27 heavy (non-hydrogen) atoms. The fourth-order valence-corrected chi connectivity index (χ4v) is 3.43. The molecule has 0 saturated carbocycles.